The van der Waals surface area contributed by atoms with Crippen LogP contribution in [0.1, 0.15) is 107 Å². The molecular weight excluding hydrogens is 428 g/mol. The van der Waals surface area contributed by atoms with Crippen LogP contribution < -0.4 is 0 Å². The lowest BCUT2D eigenvalue weighted by Gasteiger charge is -2.07. The SMILES string of the molecule is CCCCCCCC/C=C\CCCCCCCC(=O)OCCOCCOC(=O)c1ccccc1. The summed E-state index contributed by atoms with van der Waals surface area (Å²) in [5, 5.41) is 0. The lowest BCUT2D eigenvalue weighted by atomic mass is 10.1. The van der Waals surface area contributed by atoms with Crippen molar-refractivity contribution in [1.29, 1.82) is 0 Å². The zero-order valence-corrected chi connectivity index (χ0v) is 21.3. The van der Waals surface area contributed by atoms with Gasteiger partial charge in [-0.15, -0.1) is 0 Å². The van der Waals surface area contributed by atoms with Crippen LogP contribution in [0.4, 0.5) is 0 Å². The van der Waals surface area contributed by atoms with Gasteiger partial charge in [0, 0.05) is 6.42 Å². The van der Waals surface area contributed by atoms with Gasteiger partial charge in [0.25, 0.3) is 0 Å². The molecule has 5 nitrogen and oxygen atoms in total. The summed E-state index contributed by atoms with van der Waals surface area (Å²) in [6.45, 7) is 3.26. The molecule has 1 aromatic carbocycles. The van der Waals surface area contributed by atoms with Crippen LogP contribution >= 0.6 is 0 Å². The first kappa shape index (κ1) is 29.9. The minimum absolute atomic E-state index is 0.170. The van der Waals surface area contributed by atoms with E-state index in [2.05, 4.69) is 19.1 Å². The smallest absolute Gasteiger partial charge is 0.338 e. The van der Waals surface area contributed by atoms with E-state index in [1.807, 2.05) is 6.07 Å². The summed E-state index contributed by atoms with van der Waals surface area (Å²) < 4.78 is 15.6. The number of rotatable bonds is 22. The molecule has 0 atom stereocenters. The quantitative estimate of drug-likeness (QED) is 0.0992. The van der Waals surface area contributed by atoms with E-state index in [1.165, 1.54) is 70.6 Å². The van der Waals surface area contributed by atoms with Gasteiger partial charge in [-0.25, -0.2) is 4.79 Å². The van der Waals surface area contributed by atoms with E-state index in [1.54, 1.807) is 24.3 Å². The number of allylic oxidation sites excluding steroid dienone is 2. The van der Waals surface area contributed by atoms with E-state index in [0.29, 0.717) is 18.6 Å². The van der Waals surface area contributed by atoms with Crippen LogP contribution in [-0.4, -0.2) is 38.4 Å². The molecule has 0 radical (unpaired) electrons. The lowest BCUT2D eigenvalue weighted by molar-refractivity contribution is -0.145. The average Bonchev–Trinajstić information content (AvgIpc) is 2.86. The Kier molecular flexibility index (Phi) is 19.9. The van der Waals surface area contributed by atoms with E-state index < -0.39 is 0 Å². The first-order valence-corrected chi connectivity index (χ1v) is 13.3. The van der Waals surface area contributed by atoms with Gasteiger partial charge in [0.05, 0.1) is 18.8 Å². The van der Waals surface area contributed by atoms with Crippen molar-refractivity contribution in [3.8, 4) is 0 Å². The van der Waals surface area contributed by atoms with Gasteiger partial charge in [-0.2, -0.15) is 0 Å². The van der Waals surface area contributed by atoms with Crippen LogP contribution in [0.3, 0.4) is 0 Å². The van der Waals surface area contributed by atoms with Gasteiger partial charge in [0.1, 0.15) is 13.2 Å². The van der Waals surface area contributed by atoms with Gasteiger partial charge in [-0.3, -0.25) is 4.79 Å². The predicted octanol–water partition coefficient (Wildman–Crippen LogP) is 7.44. The van der Waals surface area contributed by atoms with Gasteiger partial charge in [0.2, 0.25) is 0 Å². The summed E-state index contributed by atoms with van der Waals surface area (Å²) >= 11 is 0. The van der Waals surface area contributed by atoms with Crippen LogP contribution in [0.25, 0.3) is 0 Å². The fourth-order valence-electron chi connectivity index (χ4n) is 3.58. The van der Waals surface area contributed by atoms with Crippen molar-refractivity contribution >= 4 is 11.9 Å². The molecule has 0 aromatic heterocycles. The first-order chi connectivity index (χ1) is 16.7. The van der Waals surface area contributed by atoms with Crippen LogP contribution in [0.5, 0.6) is 0 Å². The zero-order chi connectivity index (χ0) is 24.5. The summed E-state index contributed by atoms with van der Waals surface area (Å²) in [5.74, 6) is -0.535. The molecule has 0 heterocycles. The van der Waals surface area contributed by atoms with Gasteiger partial charge in [-0.1, -0.05) is 88.6 Å². The molecule has 0 aliphatic heterocycles. The highest BCUT2D eigenvalue weighted by atomic mass is 16.6. The Bertz CT molecular complexity index is 641. The third-order valence-electron chi connectivity index (χ3n) is 5.60. The molecule has 0 spiro atoms. The number of benzene rings is 1. The Labute approximate surface area is 207 Å². The maximum absolute atomic E-state index is 11.8. The summed E-state index contributed by atoms with van der Waals surface area (Å²) in [5.41, 5.74) is 0.520. The Morgan fingerprint density at radius 2 is 1.24 bits per heavy atom. The average molecular weight is 475 g/mol. The Morgan fingerprint density at radius 3 is 1.88 bits per heavy atom. The molecule has 192 valence electrons. The summed E-state index contributed by atoms with van der Waals surface area (Å²) in [6.07, 6.45) is 21.3. The van der Waals surface area contributed by atoms with Gasteiger partial charge >= 0.3 is 11.9 Å². The third-order valence-corrected chi connectivity index (χ3v) is 5.60. The Balaban J connectivity index is 1.80. The number of carbonyl (C=O) groups is 2. The standard InChI is InChI=1S/C29H46O5/c1-2-3-4-5-6-7-8-9-10-11-12-13-14-15-19-22-28(30)33-25-23-32-24-26-34-29(31)27-20-17-16-18-21-27/h9-10,16-18,20-21H,2-8,11-15,19,22-26H2,1H3/b10-9-. The predicted molar refractivity (Wildman–Crippen MR) is 138 cm³/mol. The molecule has 0 aliphatic carbocycles. The monoisotopic (exact) mass is 474 g/mol. The van der Waals surface area contributed by atoms with E-state index in [0.717, 1.165) is 12.8 Å². The second-order valence-corrected chi connectivity index (χ2v) is 8.67. The van der Waals surface area contributed by atoms with Gasteiger partial charge < -0.3 is 14.2 Å². The van der Waals surface area contributed by atoms with E-state index in [-0.39, 0.29) is 31.8 Å². The zero-order valence-electron chi connectivity index (χ0n) is 21.3. The molecule has 34 heavy (non-hydrogen) atoms. The fourth-order valence-corrected chi connectivity index (χ4v) is 3.58. The molecule has 1 aromatic rings. The molecule has 0 amide bonds. The van der Waals surface area contributed by atoms with Crippen LogP contribution in [-0.2, 0) is 19.0 Å². The molecule has 1 rings (SSSR count). The highest BCUT2D eigenvalue weighted by Crippen LogP contribution is 2.10. The largest absolute Gasteiger partial charge is 0.463 e. The molecular formula is C29H46O5. The second-order valence-electron chi connectivity index (χ2n) is 8.67. The maximum Gasteiger partial charge on any atom is 0.338 e. The maximum atomic E-state index is 11.8. The van der Waals surface area contributed by atoms with Crippen molar-refractivity contribution in [2.75, 3.05) is 26.4 Å². The summed E-state index contributed by atoms with van der Waals surface area (Å²) in [6, 6.07) is 8.84. The molecule has 0 bridgehead atoms. The minimum atomic E-state index is -0.365. The molecule has 5 heteroatoms. The van der Waals surface area contributed by atoms with Crippen molar-refractivity contribution in [3.63, 3.8) is 0 Å². The number of ether oxygens (including phenoxy) is 3. The molecule has 0 saturated heterocycles. The molecule has 0 unspecified atom stereocenters. The molecule has 0 fully saturated rings. The fraction of sp³-hybridized carbons (Fsp3) is 0.655. The van der Waals surface area contributed by atoms with Crippen LogP contribution in [0, 0.1) is 0 Å². The number of carbonyl (C=O) groups excluding carboxylic acids is 2. The van der Waals surface area contributed by atoms with Gasteiger partial charge in [0.15, 0.2) is 0 Å². The summed E-state index contributed by atoms with van der Waals surface area (Å²) in [7, 11) is 0. The van der Waals surface area contributed by atoms with Gasteiger partial charge in [-0.05, 0) is 44.2 Å². The van der Waals surface area contributed by atoms with E-state index in [9.17, 15) is 9.59 Å². The first-order valence-electron chi connectivity index (χ1n) is 13.3. The highest BCUT2D eigenvalue weighted by Gasteiger charge is 2.06. The Hall–Kier alpha value is -2.14. The Morgan fingerprint density at radius 1 is 0.676 bits per heavy atom. The minimum Gasteiger partial charge on any atom is -0.463 e. The number of unbranched alkanes of at least 4 members (excludes halogenated alkanes) is 11. The van der Waals surface area contributed by atoms with E-state index in [4.69, 9.17) is 14.2 Å². The third kappa shape index (κ3) is 18.3. The molecule has 0 N–H and O–H groups in total. The topological polar surface area (TPSA) is 61.8 Å². The second kappa shape index (κ2) is 22.6. The van der Waals surface area contributed by atoms with Crippen molar-refractivity contribution in [3.05, 3.63) is 48.0 Å². The summed E-state index contributed by atoms with van der Waals surface area (Å²) in [4.78, 5) is 23.5. The molecule has 0 saturated carbocycles. The van der Waals surface area contributed by atoms with Crippen molar-refractivity contribution < 1.29 is 23.8 Å². The molecule has 0 aliphatic rings. The van der Waals surface area contributed by atoms with Crippen molar-refractivity contribution in [1.82, 2.24) is 0 Å². The van der Waals surface area contributed by atoms with Crippen molar-refractivity contribution in [2.45, 2.75) is 96.8 Å². The normalized spacial score (nSPS) is 11.1. The van der Waals surface area contributed by atoms with Crippen LogP contribution in [0.2, 0.25) is 0 Å². The number of hydrogen-bond donors (Lipinski definition) is 0. The van der Waals surface area contributed by atoms with E-state index >= 15 is 0 Å². The number of hydrogen-bond acceptors (Lipinski definition) is 5. The highest BCUT2D eigenvalue weighted by molar-refractivity contribution is 5.89. The van der Waals surface area contributed by atoms with Crippen molar-refractivity contribution in [2.24, 2.45) is 0 Å². The van der Waals surface area contributed by atoms with Crippen LogP contribution in [0.15, 0.2) is 42.5 Å². The number of esters is 2. The lowest BCUT2D eigenvalue weighted by Crippen LogP contribution is -2.14.